The number of carbonyl (C=O) groups excluding carboxylic acids is 2. The largest absolute Gasteiger partial charge is 0.496 e. The Kier molecular flexibility index (Phi) is 7.22. The summed E-state index contributed by atoms with van der Waals surface area (Å²) in [7, 11) is 1.20. The van der Waals surface area contributed by atoms with E-state index in [-0.39, 0.29) is 28.8 Å². The van der Waals surface area contributed by atoms with Crippen LogP contribution in [0.2, 0.25) is 0 Å². The molecule has 2 fully saturated rings. The standard InChI is InChI=1S/C32H26F6N2O3/c1-43-26-14-25(35)24(34)13-21(26)30(41)40-29-20-10-9-19(27(20)18-8-6-15-4-2-3-5-17(15)18)28(29)31(42)39-16-7-11-23(33)22(12-16)32(36,37)38/h2-5,7,11-14,19-20,28-29H,6,8-10H2,1H3,(H,39,42)(H,40,41)/b27-18-/t19?,20?,28-,29+/m0/s1. The molecule has 3 aliphatic carbocycles. The number of methoxy groups -OCH3 is 1. The average Bonchev–Trinajstić information content (AvgIpc) is 3.65. The molecule has 0 radical (unpaired) electrons. The summed E-state index contributed by atoms with van der Waals surface area (Å²) >= 11 is 0. The molecular formula is C32H26F6N2O3. The van der Waals surface area contributed by atoms with Crippen molar-refractivity contribution in [2.75, 3.05) is 12.4 Å². The van der Waals surface area contributed by atoms with Gasteiger partial charge >= 0.3 is 6.18 Å². The summed E-state index contributed by atoms with van der Waals surface area (Å²) in [5, 5.41) is 5.35. The maximum Gasteiger partial charge on any atom is 0.419 e. The highest BCUT2D eigenvalue weighted by Crippen LogP contribution is 2.57. The van der Waals surface area contributed by atoms with Gasteiger partial charge in [-0.25, -0.2) is 13.2 Å². The summed E-state index contributed by atoms with van der Waals surface area (Å²) in [4.78, 5) is 27.3. The number of halogens is 6. The number of aryl methyl sites for hydroxylation is 1. The minimum atomic E-state index is -4.97. The first kappa shape index (κ1) is 28.8. The minimum Gasteiger partial charge on any atom is -0.496 e. The predicted molar refractivity (Wildman–Crippen MR) is 146 cm³/mol. The number of rotatable bonds is 5. The fourth-order valence-corrected chi connectivity index (χ4v) is 7.05. The maximum atomic E-state index is 14.1. The number of allylic oxidation sites excluding steroid dienone is 1. The first-order valence-electron chi connectivity index (χ1n) is 13.8. The molecule has 224 valence electrons. The number of ether oxygens (including phenoxy) is 1. The van der Waals surface area contributed by atoms with E-state index in [9.17, 15) is 35.9 Å². The molecule has 6 rings (SSSR count). The summed E-state index contributed by atoms with van der Waals surface area (Å²) in [6.45, 7) is 0. The van der Waals surface area contributed by atoms with Crippen molar-refractivity contribution in [1.82, 2.24) is 5.32 Å². The van der Waals surface area contributed by atoms with Crippen LogP contribution in [0.3, 0.4) is 0 Å². The Morgan fingerprint density at radius 3 is 2.35 bits per heavy atom. The third-order valence-electron chi connectivity index (χ3n) is 8.80. The minimum absolute atomic E-state index is 0.199. The summed E-state index contributed by atoms with van der Waals surface area (Å²) in [5.74, 6) is -7.05. The number of hydrogen-bond donors (Lipinski definition) is 2. The quantitative estimate of drug-likeness (QED) is 0.313. The van der Waals surface area contributed by atoms with Crippen molar-refractivity contribution in [3.8, 4) is 5.75 Å². The topological polar surface area (TPSA) is 67.4 Å². The Labute approximate surface area is 242 Å². The Hall–Kier alpha value is -4.28. The monoisotopic (exact) mass is 600 g/mol. The third kappa shape index (κ3) is 5.04. The van der Waals surface area contributed by atoms with Crippen molar-refractivity contribution < 1.29 is 40.7 Å². The second-order valence-electron chi connectivity index (χ2n) is 11.1. The second-order valence-corrected chi connectivity index (χ2v) is 11.1. The molecule has 0 saturated heterocycles. The van der Waals surface area contributed by atoms with Crippen molar-refractivity contribution in [2.24, 2.45) is 17.8 Å². The molecule has 2 amide bonds. The Bertz CT molecular complexity index is 1670. The SMILES string of the molecule is COc1cc(F)c(F)cc1C(=O)N[C@@H]1C2CCC(/C2=C2\CCc3ccccc32)[C@@H]1C(=O)Nc1ccc(F)c(C(F)(F)F)c1. The Balaban J connectivity index is 1.38. The molecular weight excluding hydrogens is 574 g/mol. The first-order chi connectivity index (χ1) is 20.5. The van der Waals surface area contributed by atoms with Crippen molar-refractivity contribution in [2.45, 2.75) is 37.9 Å². The zero-order valence-electron chi connectivity index (χ0n) is 22.8. The summed E-state index contributed by atoms with van der Waals surface area (Å²) in [5.41, 5.74) is 2.31. The smallest absolute Gasteiger partial charge is 0.419 e. The van der Waals surface area contributed by atoms with Crippen molar-refractivity contribution >= 4 is 23.1 Å². The summed E-state index contributed by atoms with van der Waals surface area (Å²) < 4.78 is 87.0. The zero-order chi connectivity index (χ0) is 30.6. The van der Waals surface area contributed by atoms with Crippen LogP contribution in [-0.4, -0.2) is 25.0 Å². The van der Waals surface area contributed by atoms with Gasteiger partial charge in [0.2, 0.25) is 5.91 Å². The van der Waals surface area contributed by atoms with E-state index in [1.165, 1.54) is 7.11 Å². The Morgan fingerprint density at radius 1 is 0.884 bits per heavy atom. The van der Waals surface area contributed by atoms with Crippen molar-refractivity contribution in [1.29, 1.82) is 0 Å². The van der Waals surface area contributed by atoms with Crippen LogP contribution in [0.1, 0.15) is 46.3 Å². The number of amides is 2. The van der Waals surface area contributed by atoms with Crippen LogP contribution in [0.15, 0.2) is 60.2 Å². The van der Waals surface area contributed by atoms with E-state index in [0.29, 0.717) is 25.0 Å². The van der Waals surface area contributed by atoms with Crippen LogP contribution in [0, 0.1) is 35.2 Å². The average molecular weight is 601 g/mol. The normalized spacial score (nSPS) is 24.2. The van der Waals surface area contributed by atoms with E-state index in [1.54, 1.807) is 0 Å². The molecule has 0 spiro atoms. The van der Waals surface area contributed by atoms with Gasteiger partial charge < -0.3 is 15.4 Å². The van der Waals surface area contributed by atoms with Crippen molar-refractivity contribution in [3.63, 3.8) is 0 Å². The van der Waals surface area contributed by atoms with Crippen LogP contribution < -0.4 is 15.4 Å². The molecule has 0 aromatic heterocycles. The number of alkyl halides is 3. The number of nitrogens with one attached hydrogen (secondary N) is 2. The molecule has 11 heteroatoms. The predicted octanol–water partition coefficient (Wildman–Crippen LogP) is 6.92. The first-order valence-corrected chi connectivity index (χ1v) is 13.8. The van der Waals surface area contributed by atoms with Gasteiger partial charge in [0, 0.05) is 23.7 Å². The summed E-state index contributed by atoms with van der Waals surface area (Å²) in [6.07, 6.45) is -2.17. The highest BCUT2D eigenvalue weighted by molar-refractivity contribution is 5.99. The molecule has 5 nitrogen and oxygen atoms in total. The van der Waals surface area contributed by atoms with Crippen LogP contribution in [0.4, 0.5) is 32.0 Å². The third-order valence-corrected chi connectivity index (χ3v) is 8.80. The molecule has 2 bridgehead atoms. The zero-order valence-corrected chi connectivity index (χ0v) is 22.8. The van der Waals surface area contributed by atoms with Crippen LogP contribution in [-0.2, 0) is 17.4 Å². The molecule has 2 unspecified atom stereocenters. The van der Waals surface area contributed by atoms with Gasteiger partial charge in [0.05, 0.1) is 24.2 Å². The lowest BCUT2D eigenvalue weighted by Gasteiger charge is -2.30. The van der Waals surface area contributed by atoms with Gasteiger partial charge in [-0.15, -0.1) is 0 Å². The number of anilines is 1. The van der Waals surface area contributed by atoms with E-state index in [4.69, 9.17) is 4.74 Å². The van der Waals surface area contributed by atoms with E-state index < -0.39 is 53.0 Å². The Morgan fingerprint density at radius 2 is 1.60 bits per heavy atom. The van der Waals surface area contributed by atoms with Gasteiger partial charge in [-0.1, -0.05) is 29.8 Å². The maximum absolute atomic E-state index is 14.1. The van der Waals surface area contributed by atoms with Crippen LogP contribution >= 0.6 is 0 Å². The molecule has 4 atom stereocenters. The van der Waals surface area contributed by atoms with Crippen LogP contribution in [0.25, 0.3) is 5.57 Å². The van der Waals surface area contributed by atoms with Gasteiger partial charge in [0.25, 0.3) is 5.91 Å². The molecule has 0 heterocycles. The lowest BCUT2D eigenvalue weighted by atomic mass is 9.83. The lowest BCUT2D eigenvalue weighted by molar-refractivity contribution is -0.140. The fourth-order valence-electron chi connectivity index (χ4n) is 7.05. The molecule has 3 aliphatic rings. The van der Waals surface area contributed by atoms with E-state index in [1.807, 2.05) is 24.3 Å². The highest BCUT2D eigenvalue weighted by atomic mass is 19.4. The van der Waals surface area contributed by atoms with Gasteiger partial charge in [0.1, 0.15) is 11.6 Å². The fraction of sp³-hybridized carbons (Fsp3) is 0.312. The van der Waals surface area contributed by atoms with Gasteiger partial charge in [-0.2, -0.15) is 13.2 Å². The molecule has 3 aromatic carbocycles. The van der Waals surface area contributed by atoms with Gasteiger partial charge in [0.15, 0.2) is 11.6 Å². The molecule has 43 heavy (non-hydrogen) atoms. The number of carbonyl (C=O) groups is 2. The number of benzene rings is 3. The second kappa shape index (κ2) is 10.8. The van der Waals surface area contributed by atoms with Gasteiger partial charge in [-0.05, 0) is 72.6 Å². The number of hydrogen-bond acceptors (Lipinski definition) is 3. The van der Waals surface area contributed by atoms with E-state index in [2.05, 4.69) is 10.6 Å². The van der Waals surface area contributed by atoms with E-state index >= 15 is 0 Å². The van der Waals surface area contributed by atoms with Gasteiger partial charge in [-0.3, -0.25) is 9.59 Å². The van der Waals surface area contributed by atoms with Crippen LogP contribution in [0.5, 0.6) is 5.75 Å². The van der Waals surface area contributed by atoms with E-state index in [0.717, 1.165) is 53.3 Å². The molecule has 2 N–H and O–H groups in total. The van der Waals surface area contributed by atoms with Crippen molar-refractivity contribution in [3.05, 3.63) is 99.9 Å². The molecule has 3 aromatic rings. The number of fused-ring (bicyclic) bond motifs is 3. The lowest BCUT2D eigenvalue weighted by Crippen LogP contribution is -2.48. The molecule has 2 saturated carbocycles. The summed E-state index contributed by atoms with van der Waals surface area (Å²) in [6, 6.07) is 10.8. The highest BCUT2D eigenvalue weighted by Gasteiger charge is 2.56. The molecule has 0 aliphatic heterocycles.